The summed E-state index contributed by atoms with van der Waals surface area (Å²) < 4.78 is 2.20. The van der Waals surface area contributed by atoms with Crippen molar-refractivity contribution in [3.05, 3.63) is 30.0 Å². The SMILES string of the molecule is CSN(C)CCc1c[nH]c2ccc(O)cc12. The van der Waals surface area contributed by atoms with Crippen LogP contribution in [0.1, 0.15) is 5.56 Å². The zero-order valence-electron chi connectivity index (χ0n) is 9.53. The minimum Gasteiger partial charge on any atom is -0.508 e. The summed E-state index contributed by atoms with van der Waals surface area (Å²) in [6.45, 7) is 1.00. The Morgan fingerprint density at radius 3 is 3.00 bits per heavy atom. The number of fused-ring (bicyclic) bond motifs is 1. The minimum absolute atomic E-state index is 0.326. The van der Waals surface area contributed by atoms with E-state index in [4.69, 9.17) is 0 Å². The van der Waals surface area contributed by atoms with Gasteiger partial charge in [-0.1, -0.05) is 11.9 Å². The molecule has 1 aromatic carbocycles. The maximum atomic E-state index is 9.47. The third kappa shape index (κ3) is 2.33. The van der Waals surface area contributed by atoms with E-state index in [9.17, 15) is 5.11 Å². The fraction of sp³-hybridized carbons (Fsp3) is 0.333. The van der Waals surface area contributed by atoms with Gasteiger partial charge in [-0.3, -0.25) is 4.31 Å². The van der Waals surface area contributed by atoms with Crippen LogP contribution in [0.2, 0.25) is 0 Å². The Morgan fingerprint density at radius 2 is 2.25 bits per heavy atom. The van der Waals surface area contributed by atoms with Gasteiger partial charge in [0.25, 0.3) is 0 Å². The monoisotopic (exact) mass is 236 g/mol. The highest BCUT2D eigenvalue weighted by Crippen LogP contribution is 2.23. The van der Waals surface area contributed by atoms with Crippen molar-refractivity contribution in [2.24, 2.45) is 0 Å². The first-order valence-electron chi connectivity index (χ1n) is 5.25. The molecule has 0 fully saturated rings. The van der Waals surface area contributed by atoms with Gasteiger partial charge in [-0.2, -0.15) is 0 Å². The van der Waals surface area contributed by atoms with Gasteiger partial charge in [0, 0.05) is 23.6 Å². The number of phenolic OH excluding ortho intramolecular Hbond substituents is 1. The van der Waals surface area contributed by atoms with Gasteiger partial charge in [-0.25, -0.2) is 0 Å². The summed E-state index contributed by atoms with van der Waals surface area (Å²) in [6.07, 6.45) is 5.08. The van der Waals surface area contributed by atoms with Crippen LogP contribution in [0.5, 0.6) is 5.75 Å². The van der Waals surface area contributed by atoms with Crippen molar-refractivity contribution < 1.29 is 5.11 Å². The highest BCUT2D eigenvalue weighted by atomic mass is 32.2. The lowest BCUT2D eigenvalue weighted by atomic mass is 10.1. The molecule has 0 radical (unpaired) electrons. The van der Waals surface area contributed by atoms with E-state index in [1.165, 1.54) is 5.56 Å². The molecule has 0 atom stereocenters. The molecule has 0 saturated carbocycles. The summed E-state index contributed by atoms with van der Waals surface area (Å²) in [5.74, 6) is 0.326. The van der Waals surface area contributed by atoms with Crippen molar-refractivity contribution in [3.8, 4) is 5.75 Å². The first-order chi connectivity index (χ1) is 7.70. The molecule has 86 valence electrons. The van der Waals surface area contributed by atoms with E-state index in [1.54, 1.807) is 18.0 Å². The number of hydrogen-bond donors (Lipinski definition) is 2. The Hall–Kier alpha value is -1.13. The molecule has 0 bridgehead atoms. The summed E-state index contributed by atoms with van der Waals surface area (Å²) in [5, 5.41) is 10.6. The fourth-order valence-electron chi connectivity index (χ4n) is 1.74. The number of rotatable bonds is 4. The van der Waals surface area contributed by atoms with Gasteiger partial charge >= 0.3 is 0 Å². The van der Waals surface area contributed by atoms with Gasteiger partial charge in [0.05, 0.1) is 0 Å². The Labute approximate surface area is 99.6 Å². The second-order valence-corrected chi connectivity index (χ2v) is 4.82. The molecule has 0 aliphatic rings. The normalized spacial score (nSPS) is 11.4. The molecule has 1 aromatic heterocycles. The average Bonchev–Trinajstić information content (AvgIpc) is 2.68. The van der Waals surface area contributed by atoms with Gasteiger partial charge in [0.15, 0.2) is 0 Å². The second kappa shape index (κ2) is 4.80. The number of H-pyrrole nitrogens is 1. The molecule has 16 heavy (non-hydrogen) atoms. The van der Waals surface area contributed by atoms with E-state index in [1.807, 2.05) is 18.3 Å². The minimum atomic E-state index is 0.326. The number of likely N-dealkylation sites (N-methyl/N-ethyl adjacent to an activating group) is 1. The van der Waals surface area contributed by atoms with E-state index < -0.39 is 0 Å². The molecule has 0 aliphatic heterocycles. The van der Waals surface area contributed by atoms with E-state index in [-0.39, 0.29) is 0 Å². The maximum Gasteiger partial charge on any atom is 0.116 e. The van der Waals surface area contributed by atoms with Gasteiger partial charge < -0.3 is 10.1 Å². The van der Waals surface area contributed by atoms with Crippen molar-refractivity contribution in [1.82, 2.24) is 9.29 Å². The number of nitrogens with zero attached hydrogens (tertiary/aromatic N) is 1. The smallest absolute Gasteiger partial charge is 0.116 e. The maximum absolute atomic E-state index is 9.47. The Kier molecular flexibility index (Phi) is 3.41. The summed E-state index contributed by atoms with van der Waals surface area (Å²) in [6, 6.07) is 5.43. The third-order valence-corrected chi connectivity index (χ3v) is 3.56. The number of nitrogens with one attached hydrogen (secondary N) is 1. The van der Waals surface area contributed by atoms with Crippen molar-refractivity contribution in [2.75, 3.05) is 19.8 Å². The first-order valence-corrected chi connectivity index (χ1v) is 6.43. The van der Waals surface area contributed by atoms with Crippen LogP contribution >= 0.6 is 11.9 Å². The average molecular weight is 236 g/mol. The quantitative estimate of drug-likeness (QED) is 0.802. The molecule has 2 rings (SSSR count). The van der Waals surface area contributed by atoms with Crippen LogP contribution in [0.3, 0.4) is 0 Å². The van der Waals surface area contributed by atoms with Gasteiger partial charge in [-0.05, 0) is 43.5 Å². The van der Waals surface area contributed by atoms with E-state index >= 15 is 0 Å². The lowest BCUT2D eigenvalue weighted by Gasteiger charge is -2.11. The number of aromatic hydroxyl groups is 1. The van der Waals surface area contributed by atoms with Crippen molar-refractivity contribution in [1.29, 1.82) is 0 Å². The Morgan fingerprint density at radius 1 is 1.44 bits per heavy atom. The van der Waals surface area contributed by atoms with Crippen LogP contribution in [-0.2, 0) is 6.42 Å². The number of hydrogen-bond acceptors (Lipinski definition) is 3. The van der Waals surface area contributed by atoms with E-state index in [0.29, 0.717) is 5.75 Å². The van der Waals surface area contributed by atoms with Crippen LogP contribution in [0, 0.1) is 0 Å². The largest absolute Gasteiger partial charge is 0.508 e. The number of benzene rings is 1. The van der Waals surface area contributed by atoms with Gasteiger partial charge in [-0.15, -0.1) is 0 Å². The molecule has 0 spiro atoms. The summed E-state index contributed by atoms with van der Waals surface area (Å²) in [7, 11) is 2.08. The fourth-order valence-corrected chi connectivity index (χ4v) is 2.02. The van der Waals surface area contributed by atoms with E-state index in [0.717, 1.165) is 23.9 Å². The van der Waals surface area contributed by atoms with Crippen molar-refractivity contribution in [3.63, 3.8) is 0 Å². The number of aromatic amines is 1. The molecule has 2 aromatic rings. The van der Waals surface area contributed by atoms with Gasteiger partial charge in [0.2, 0.25) is 0 Å². The lowest BCUT2D eigenvalue weighted by Crippen LogP contribution is -2.11. The molecule has 2 N–H and O–H groups in total. The highest BCUT2D eigenvalue weighted by molar-refractivity contribution is 7.96. The zero-order valence-corrected chi connectivity index (χ0v) is 10.3. The summed E-state index contributed by atoms with van der Waals surface area (Å²) in [4.78, 5) is 3.22. The molecule has 0 amide bonds. The number of phenols is 1. The Balaban J connectivity index is 2.21. The van der Waals surface area contributed by atoms with Crippen LogP contribution in [0.15, 0.2) is 24.4 Å². The highest BCUT2D eigenvalue weighted by Gasteiger charge is 2.05. The van der Waals surface area contributed by atoms with Crippen molar-refractivity contribution in [2.45, 2.75) is 6.42 Å². The van der Waals surface area contributed by atoms with Gasteiger partial charge in [0.1, 0.15) is 5.75 Å². The molecule has 4 heteroatoms. The van der Waals surface area contributed by atoms with Crippen LogP contribution in [0.25, 0.3) is 10.9 Å². The molecule has 3 nitrogen and oxygen atoms in total. The standard InChI is InChI=1S/C12H16N2OS/c1-14(16-2)6-5-9-8-13-12-4-3-10(15)7-11(9)12/h3-4,7-8,13,15H,5-6H2,1-2H3. The molecule has 0 unspecified atom stereocenters. The van der Waals surface area contributed by atoms with Crippen LogP contribution in [-0.4, -0.2) is 34.2 Å². The first kappa shape index (κ1) is 11.4. The molecular formula is C12H16N2OS. The number of aromatic nitrogens is 1. The van der Waals surface area contributed by atoms with Crippen molar-refractivity contribution >= 4 is 22.9 Å². The molecule has 1 heterocycles. The summed E-state index contributed by atoms with van der Waals surface area (Å²) in [5.41, 5.74) is 2.34. The predicted molar refractivity (Wildman–Crippen MR) is 69.8 cm³/mol. The molecule has 0 saturated heterocycles. The topological polar surface area (TPSA) is 39.3 Å². The molecular weight excluding hydrogens is 220 g/mol. The van der Waals surface area contributed by atoms with Crippen LogP contribution < -0.4 is 0 Å². The lowest BCUT2D eigenvalue weighted by molar-refractivity contribution is 0.476. The predicted octanol–water partition coefficient (Wildman–Crippen LogP) is 2.63. The van der Waals surface area contributed by atoms with E-state index in [2.05, 4.69) is 22.6 Å². The van der Waals surface area contributed by atoms with Crippen LogP contribution in [0.4, 0.5) is 0 Å². The second-order valence-electron chi connectivity index (χ2n) is 3.83. The zero-order chi connectivity index (χ0) is 11.5. The molecule has 0 aliphatic carbocycles. The summed E-state index contributed by atoms with van der Waals surface area (Å²) >= 11 is 1.73. The Bertz CT molecular complexity index is 481. The third-order valence-electron chi connectivity index (χ3n) is 2.76.